The van der Waals surface area contributed by atoms with Gasteiger partial charge in [0.05, 0.1) is 17.2 Å². The van der Waals surface area contributed by atoms with Crippen molar-refractivity contribution >= 4 is 23.5 Å². The van der Waals surface area contributed by atoms with Crippen molar-refractivity contribution in [1.29, 1.82) is 0 Å². The molecule has 5 atom stereocenters. The Kier molecular flexibility index (Phi) is 5.40. The minimum absolute atomic E-state index is 0.174. The zero-order valence-corrected chi connectivity index (χ0v) is 18.4. The molecule has 1 aliphatic heterocycles. The molecule has 4 aliphatic rings. The van der Waals surface area contributed by atoms with Crippen LogP contribution in [0.3, 0.4) is 0 Å². The average molecular weight is 450 g/mol. The van der Waals surface area contributed by atoms with E-state index in [1.165, 1.54) is 43.1 Å². The van der Waals surface area contributed by atoms with Crippen molar-refractivity contribution in [2.45, 2.75) is 63.8 Å². The third kappa shape index (κ3) is 3.51. The summed E-state index contributed by atoms with van der Waals surface area (Å²) in [6.07, 6.45) is 10.1. The predicted octanol–water partition coefficient (Wildman–Crippen LogP) is 5.15. The first kappa shape index (κ1) is 21.0. The van der Waals surface area contributed by atoms with Gasteiger partial charge in [0.25, 0.3) is 5.91 Å². The number of carbonyl (C=O) groups is 2. The summed E-state index contributed by atoms with van der Waals surface area (Å²) in [7, 11) is 0. The largest absolute Gasteiger partial charge is 0.492 e. The standard InChI is InChI=1S/C24H29ClFNO4/c25-18-11-17(22(28)27-7-1-4-20(27)23(29)30)19(26)12-21(18)31-8-2-3-15-10-16-9-14-5-6-24(15,16)13-14/h11-12,14-16,20H,1-10,13H2,(H,29,30)/t14?,15?,16?,20-,24?/m0/s1. The van der Waals surface area contributed by atoms with E-state index in [4.69, 9.17) is 16.3 Å². The number of hydrogen-bond acceptors (Lipinski definition) is 3. The van der Waals surface area contributed by atoms with Crippen LogP contribution in [0.4, 0.5) is 4.39 Å². The quantitative estimate of drug-likeness (QED) is 0.584. The SMILES string of the molecule is O=C(O)[C@@H]1CCCN1C(=O)c1cc(Cl)c(OCCCC2CC3CC4CCC23C4)cc1F. The Hall–Kier alpha value is -1.82. The highest BCUT2D eigenvalue weighted by molar-refractivity contribution is 6.32. The lowest BCUT2D eigenvalue weighted by Gasteiger charge is -2.53. The molecule has 2 bridgehead atoms. The molecule has 0 aromatic heterocycles. The summed E-state index contributed by atoms with van der Waals surface area (Å²) < 4.78 is 20.4. The van der Waals surface area contributed by atoms with E-state index in [0.29, 0.717) is 31.4 Å². The molecule has 31 heavy (non-hydrogen) atoms. The Morgan fingerprint density at radius 2 is 2.13 bits per heavy atom. The molecule has 0 radical (unpaired) electrons. The third-order valence-electron chi connectivity index (χ3n) is 8.50. The van der Waals surface area contributed by atoms with Crippen molar-refractivity contribution in [3.8, 4) is 5.75 Å². The fraction of sp³-hybridized carbons (Fsp3) is 0.667. The van der Waals surface area contributed by atoms with Gasteiger partial charge in [-0.3, -0.25) is 4.79 Å². The van der Waals surface area contributed by atoms with Crippen molar-refractivity contribution in [3.05, 3.63) is 28.5 Å². The van der Waals surface area contributed by atoms with Crippen LogP contribution in [0.15, 0.2) is 12.1 Å². The van der Waals surface area contributed by atoms with Crippen LogP contribution in [0.25, 0.3) is 0 Å². The first-order valence-electron chi connectivity index (χ1n) is 11.5. The minimum Gasteiger partial charge on any atom is -0.492 e. The lowest BCUT2D eigenvalue weighted by atomic mass is 9.52. The number of aliphatic carboxylic acids is 1. The van der Waals surface area contributed by atoms with Crippen molar-refractivity contribution in [2.75, 3.05) is 13.2 Å². The maximum Gasteiger partial charge on any atom is 0.326 e. The van der Waals surface area contributed by atoms with Crippen LogP contribution >= 0.6 is 11.6 Å². The monoisotopic (exact) mass is 449 g/mol. The maximum absolute atomic E-state index is 14.7. The molecule has 7 heteroatoms. The van der Waals surface area contributed by atoms with Crippen LogP contribution in [-0.2, 0) is 4.79 Å². The van der Waals surface area contributed by atoms with Crippen LogP contribution in [0, 0.1) is 29.0 Å². The van der Waals surface area contributed by atoms with Crippen LogP contribution in [-0.4, -0.2) is 41.1 Å². The molecular weight excluding hydrogens is 421 g/mol. The van der Waals surface area contributed by atoms with Gasteiger partial charge in [-0.15, -0.1) is 0 Å². The Labute approximate surface area is 186 Å². The topological polar surface area (TPSA) is 66.8 Å². The van der Waals surface area contributed by atoms with Crippen molar-refractivity contribution in [1.82, 2.24) is 4.90 Å². The van der Waals surface area contributed by atoms with Crippen molar-refractivity contribution in [3.63, 3.8) is 0 Å². The molecule has 1 amide bonds. The number of hydrogen-bond donors (Lipinski definition) is 1. The molecule has 168 valence electrons. The van der Waals surface area contributed by atoms with Crippen LogP contribution in [0.1, 0.15) is 68.1 Å². The highest BCUT2D eigenvalue weighted by Gasteiger charge is 2.61. The molecule has 4 unspecified atom stereocenters. The third-order valence-corrected chi connectivity index (χ3v) is 8.80. The number of halogens is 2. The molecule has 1 spiro atoms. The van der Waals surface area contributed by atoms with Crippen LogP contribution in [0.5, 0.6) is 5.75 Å². The van der Waals surface area contributed by atoms with E-state index >= 15 is 0 Å². The van der Waals surface area contributed by atoms with Gasteiger partial charge in [0.15, 0.2) is 0 Å². The lowest BCUT2D eigenvalue weighted by molar-refractivity contribution is -0.141. The second kappa shape index (κ2) is 7.95. The molecule has 1 aromatic carbocycles. The molecular formula is C24H29ClFNO4. The highest BCUT2D eigenvalue weighted by atomic mass is 35.5. The number of carboxylic acids is 1. The van der Waals surface area contributed by atoms with Crippen molar-refractivity contribution in [2.24, 2.45) is 23.2 Å². The first-order valence-corrected chi connectivity index (χ1v) is 11.9. The van der Waals surface area contributed by atoms with Crippen LogP contribution < -0.4 is 4.74 Å². The number of carboxylic acid groups (broad SMARTS) is 1. The van der Waals surface area contributed by atoms with Gasteiger partial charge in [-0.2, -0.15) is 0 Å². The Bertz CT molecular complexity index is 908. The number of fused-ring (bicyclic) bond motifs is 1. The average Bonchev–Trinajstić information content (AvgIpc) is 3.44. The fourth-order valence-electron chi connectivity index (χ4n) is 7.02. The van der Waals surface area contributed by atoms with E-state index in [-0.39, 0.29) is 16.3 Å². The molecule has 1 aromatic rings. The summed E-state index contributed by atoms with van der Waals surface area (Å²) in [4.78, 5) is 25.2. The van der Waals surface area contributed by atoms with Gasteiger partial charge in [-0.05, 0) is 87.0 Å². The zero-order chi connectivity index (χ0) is 21.8. The summed E-state index contributed by atoms with van der Waals surface area (Å²) in [6.45, 7) is 0.774. The normalized spacial score (nSPS) is 33.3. The van der Waals surface area contributed by atoms with Gasteiger partial charge in [-0.25, -0.2) is 9.18 Å². The maximum atomic E-state index is 14.7. The summed E-state index contributed by atoms with van der Waals surface area (Å²) in [6, 6.07) is 1.50. The van der Waals surface area contributed by atoms with E-state index in [1.807, 2.05) is 0 Å². The molecule has 5 nitrogen and oxygen atoms in total. The highest BCUT2D eigenvalue weighted by Crippen LogP contribution is 2.71. The second-order valence-electron chi connectivity index (χ2n) is 9.96. The number of carbonyl (C=O) groups excluding carboxylic acids is 1. The zero-order valence-electron chi connectivity index (χ0n) is 17.6. The lowest BCUT2D eigenvalue weighted by Crippen LogP contribution is -2.45. The number of benzene rings is 1. The van der Waals surface area contributed by atoms with Gasteiger partial charge in [-0.1, -0.05) is 11.6 Å². The molecule has 1 N–H and O–H groups in total. The first-order chi connectivity index (χ1) is 14.9. The Balaban J connectivity index is 1.17. The van der Waals surface area contributed by atoms with Crippen molar-refractivity contribution < 1.29 is 23.8 Å². The van der Waals surface area contributed by atoms with Gasteiger partial charge in [0, 0.05) is 12.6 Å². The van der Waals surface area contributed by atoms with Crippen LogP contribution in [0.2, 0.25) is 5.02 Å². The van der Waals surface area contributed by atoms with Gasteiger partial charge >= 0.3 is 5.97 Å². The fourth-order valence-corrected chi connectivity index (χ4v) is 7.24. The molecule has 3 saturated carbocycles. The molecule has 4 fully saturated rings. The predicted molar refractivity (Wildman–Crippen MR) is 114 cm³/mol. The molecule has 3 aliphatic carbocycles. The number of ether oxygens (including phenoxy) is 1. The van der Waals surface area contributed by atoms with E-state index < -0.39 is 23.7 Å². The molecule has 1 heterocycles. The minimum atomic E-state index is -1.07. The summed E-state index contributed by atoms with van der Waals surface area (Å²) in [5, 5.41) is 9.45. The number of nitrogens with zero attached hydrogens (tertiary/aromatic N) is 1. The number of rotatable bonds is 7. The summed E-state index contributed by atoms with van der Waals surface area (Å²) >= 11 is 6.28. The van der Waals surface area contributed by atoms with Gasteiger partial charge < -0.3 is 14.7 Å². The van der Waals surface area contributed by atoms with E-state index in [2.05, 4.69) is 0 Å². The van der Waals surface area contributed by atoms with E-state index in [1.54, 1.807) is 0 Å². The smallest absolute Gasteiger partial charge is 0.326 e. The summed E-state index contributed by atoms with van der Waals surface area (Å²) in [5.41, 5.74) is 0.418. The summed E-state index contributed by atoms with van der Waals surface area (Å²) in [5.74, 6) is 0.537. The van der Waals surface area contributed by atoms with E-state index in [9.17, 15) is 19.1 Å². The Morgan fingerprint density at radius 3 is 2.87 bits per heavy atom. The Morgan fingerprint density at radius 1 is 1.29 bits per heavy atom. The van der Waals surface area contributed by atoms with E-state index in [0.717, 1.165) is 36.7 Å². The van der Waals surface area contributed by atoms with Gasteiger partial charge in [0.2, 0.25) is 0 Å². The second-order valence-corrected chi connectivity index (χ2v) is 10.4. The van der Waals surface area contributed by atoms with Gasteiger partial charge in [0.1, 0.15) is 17.6 Å². The number of likely N-dealkylation sites (tertiary alicyclic amines) is 1. The molecule has 5 rings (SSSR count). The number of amides is 1. The molecule has 1 saturated heterocycles.